The third kappa shape index (κ3) is 3.26. The van der Waals surface area contributed by atoms with Crippen LogP contribution < -0.4 is 10.1 Å². The van der Waals surface area contributed by atoms with Gasteiger partial charge in [0.1, 0.15) is 17.5 Å². The zero-order valence-electron chi connectivity index (χ0n) is 10.1. The lowest BCUT2D eigenvalue weighted by atomic mass is 10.2. The third-order valence-electron chi connectivity index (χ3n) is 2.39. The fourth-order valence-corrected chi connectivity index (χ4v) is 1.56. The molecular formula is C15H14N2O. The minimum Gasteiger partial charge on any atom is -0.457 e. The first-order valence-electron chi connectivity index (χ1n) is 5.77. The Kier molecular flexibility index (Phi) is 3.83. The van der Waals surface area contributed by atoms with Gasteiger partial charge < -0.3 is 10.1 Å². The second-order valence-corrected chi connectivity index (χ2v) is 3.94. The van der Waals surface area contributed by atoms with Gasteiger partial charge in [0.05, 0.1) is 6.07 Å². The molecule has 1 N–H and O–H groups in total. The lowest BCUT2D eigenvalue weighted by Gasteiger charge is -2.10. The average Bonchev–Trinajstić information content (AvgIpc) is 2.40. The maximum absolute atomic E-state index is 8.76. The second-order valence-electron chi connectivity index (χ2n) is 3.94. The van der Waals surface area contributed by atoms with Crippen LogP contribution in [0.2, 0.25) is 0 Å². The molecular weight excluding hydrogens is 224 g/mol. The number of anilines is 1. The van der Waals surface area contributed by atoms with Crippen LogP contribution >= 0.6 is 0 Å². The van der Waals surface area contributed by atoms with E-state index in [1.165, 1.54) is 0 Å². The Morgan fingerprint density at radius 2 is 1.78 bits per heavy atom. The van der Waals surface area contributed by atoms with E-state index < -0.39 is 0 Å². The molecule has 3 nitrogen and oxygen atoms in total. The Labute approximate surface area is 107 Å². The minimum atomic E-state index is -0.225. The Hall–Kier alpha value is -2.47. The molecule has 2 aromatic carbocycles. The number of nitriles is 1. The second kappa shape index (κ2) is 5.74. The van der Waals surface area contributed by atoms with Gasteiger partial charge in [-0.1, -0.05) is 24.3 Å². The van der Waals surface area contributed by atoms with Crippen LogP contribution in [0.1, 0.15) is 6.92 Å². The summed E-state index contributed by atoms with van der Waals surface area (Å²) in [6, 6.07) is 19.1. The monoisotopic (exact) mass is 238 g/mol. The summed E-state index contributed by atoms with van der Waals surface area (Å²) >= 11 is 0. The zero-order chi connectivity index (χ0) is 12.8. The molecule has 0 saturated carbocycles. The van der Waals surface area contributed by atoms with Crippen molar-refractivity contribution >= 4 is 5.69 Å². The van der Waals surface area contributed by atoms with Crippen LogP contribution in [0.15, 0.2) is 54.6 Å². The number of rotatable bonds is 4. The van der Waals surface area contributed by atoms with E-state index in [4.69, 9.17) is 10.00 Å². The molecule has 0 radical (unpaired) electrons. The molecule has 3 heteroatoms. The maximum atomic E-state index is 8.76. The highest BCUT2D eigenvalue weighted by Crippen LogP contribution is 2.23. The zero-order valence-corrected chi connectivity index (χ0v) is 10.1. The average molecular weight is 238 g/mol. The molecule has 1 atom stereocenters. The molecule has 90 valence electrons. The first-order chi connectivity index (χ1) is 8.78. The van der Waals surface area contributed by atoms with Crippen LogP contribution in [0, 0.1) is 11.3 Å². The largest absolute Gasteiger partial charge is 0.457 e. The maximum Gasteiger partial charge on any atom is 0.129 e. The fraction of sp³-hybridized carbons (Fsp3) is 0.133. The number of nitrogens with one attached hydrogen (secondary N) is 1. The van der Waals surface area contributed by atoms with Gasteiger partial charge in [-0.05, 0) is 31.2 Å². The summed E-state index contributed by atoms with van der Waals surface area (Å²) in [6.07, 6.45) is 0. The first-order valence-corrected chi connectivity index (χ1v) is 5.77. The van der Waals surface area contributed by atoms with E-state index >= 15 is 0 Å². The molecule has 18 heavy (non-hydrogen) atoms. The number of nitrogens with zero attached hydrogens (tertiary/aromatic N) is 1. The van der Waals surface area contributed by atoms with Crippen molar-refractivity contribution < 1.29 is 4.74 Å². The van der Waals surface area contributed by atoms with Crippen LogP contribution in [0.25, 0.3) is 0 Å². The molecule has 0 saturated heterocycles. The van der Waals surface area contributed by atoms with Gasteiger partial charge in [0.15, 0.2) is 0 Å². The summed E-state index contributed by atoms with van der Waals surface area (Å²) < 4.78 is 5.71. The summed E-state index contributed by atoms with van der Waals surface area (Å²) in [4.78, 5) is 0. The molecule has 0 bridgehead atoms. The highest BCUT2D eigenvalue weighted by molar-refractivity contribution is 5.50. The summed E-state index contributed by atoms with van der Waals surface area (Å²) in [6.45, 7) is 1.81. The van der Waals surface area contributed by atoms with E-state index in [1.807, 2.05) is 61.5 Å². The molecule has 0 aliphatic rings. The lowest BCUT2D eigenvalue weighted by molar-refractivity contribution is 0.483. The molecule has 0 fully saturated rings. The predicted molar refractivity (Wildman–Crippen MR) is 71.7 cm³/mol. The molecule has 1 unspecified atom stereocenters. The molecule has 0 heterocycles. The highest BCUT2D eigenvalue weighted by atomic mass is 16.5. The van der Waals surface area contributed by atoms with E-state index in [0.29, 0.717) is 0 Å². The lowest BCUT2D eigenvalue weighted by Crippen LogP contribution is -2.11. The SMILES string of the molecule is CC(C#N)Nc1cccc(Oc2ccccc2)c1. The Balaban J connectivity index is 2.11. The Morgan fingerprint density at radius 3 is 2.50 bits per heavy atom. The van der Waals surface area contributed by atoms with Gasteiger partial charge in [0.25, 0.3) is 0 Å². The number of benzene rings is 2. The van der Waals surface area contributed by atoms with E-state index in [2.05, 4.69) is 11.4 Å². The summed E-state index contributed by atoms with van der Waals surface area (Å²) in [5, 5.41) is 11.8. The van der Waals surface area contributed by atoms with Gasteiger partial charge in [0, 0.05) is 11.8 Å². The molecule has 0 aliphatic carbocycles. The van der Waals surface area contributed by atoms with Crippen molar-refractivity contribution in [3.8, 4) is 17.6 Å². The fourth-order valence-electron chi connectivity index (χ4n) is 1.56. The topological polar surface area (TPSA) is 45.0 Å². The van der Waals surface area contributed by atoms with Crippen molar-refractivity contribution in [2.75, 3.05) is 5.32 Å². The smallest absolute Gasteiger partial charge is 0.129 e. The molecule has 2 rings (SSSR count). The van der Waals surface area contributed by atoms with Crippen LogP contribution in [0.4, 0.5) is 5.69 Å². The van der Waals surface area contributed by atoms with Crippen molar-refractivity contribution in [3.63, 3.8) is 0 Å². The quantitative estimate of drug-likeness (QED) is 0.881. The van der Waals surface area contributed by atoms with Crippen molar-refractivity contribution in [2.24, 2.45) is 0 Å². The third-order valence-corrected chi connectivity index (χ3v) is 2.39. The van der Waals surface area contributed by atoms with Gasteiger partial charge in [-0.2, -0.15) is 5.26 Å². The van der Waals surface area contributed by atoms with Crippen molar-refractivity contribution in [3.05, 3.63) is 54.6 Å². The van der Waals surface area contributed by atoms with Crippen LogP contribution in [-0.2, 0) is 0 Å². The van der Waals surface area contributed by atoms with Gasteiger partial charge in [-0.25, -0.2) is 0 Å². The number of hydrogen-bond donors (Lipinski definition) is 1. The molecule has 0 aromatic heterocycles. The van der Waals surface area contributed by atoms with Gasteiger partial charge in [-0.3, -0.25) is 0 Å². The van der Waals surface area contributed by atoms with E-state index in [9.17, 15) is 0 Å². The minimum absolute atomic E-state index is 0.225. The number of ether oxygens (including phenoxy) is 1. The summed E-state index contributed by atoms with van der Waals surface area (Å²) in [7, 11) is 0. The van der Waals surface area contributed by atoms with E-state index in [0.717, 1.165) is 17.2 Å². The predicted octanol–water partition coefficient (Wildman–Crippen LogP) is 3.80. The van der Waals surface area contributed by atoms with E-state index in [-0.39, 0.29) is 6.04 Å². The van der Waals surface area contributed by atoms with Crippen molar-refractivity contribution in [2.45, 2.75) is 13.0 Å². The van der Waals surface area contributed by atoms with Crippen molar-refractivity contribution in [1.82, 2.24) is 0 Å². The number of para-hydroxylation sites is 1. The Bertz CT molecular complexity index is 546. The van der Waals surface area contributed by atoms with E-state index in [1.54, 1.807) is 0 Å². The first kappa shape index (κ1) is 12.0. The molecule has 0 aliphatic heterocycles. The number of hydrogen-bond acceptors (Lipinski definition) is 3. The van der Waals surface area contributed by atoms with Gasteiger partial charge in [-0.15, -0.1) is 0 Å². The molecule has 2 aromatic rings. The van der Waals surface area contributed by atoms with Crippen LogP contribution in [-0.4, -0.2) is 6.04 Å². The Morgan fingerprint density at radius 1 is 1.06 bits per heavy atom. The van der Waals surface area contributed by atoms with Crippen LogP contribution in [0.3, 0.4) is 0 Å². The van der Waals surface area contributed by atoms with Crippen molar-refractivity contribution in [1.29, 1.82) is 5.26 Å². The highest BCUT2D eigenvalue weighted by Gasteiger charge is 2.01. The summed E-state index contributed by atoms with van der Waals surface area (Å²) in [5.41, 5.74) is 0.873. The molecule has 0 spiro atoms. The standard InChI is InChI=1S/C15H14N2O/c1-12(11-16)17-13-6-5-9-15(10-13)18-14-7-3-2-4-8-14/h2-10,12,17H,1H3. The van der Waals surface area contributed by atoms with Gasteiger partial charge >= 0.3 is 0 Å². The van der Waals surface area contributed by atoms with Crippen LogP contribution in [0.5, 0.6) is 11.5 Å². The van der Waals surface area contributed by atoms with Gasteiger partial charge in [0.2, 0.25) is 0 Å². The normalized spacial score (nSPS) is 11.3. The molecule has 0 amide bonds. The summed E-state index contributed by atoms with van der Waals surface area (Å²) in [5.74, 6) is 1.54.